The first kappa shape index (κ1) is 16.2. The maximum Gasteiger partial charge on any atom is 0.315 e. The number of nitro benzene ring substituents is 1. The summed E-state index contributed by atoms with van der Waals surface area (Å²) < 4.78 is 10.7. The average Bonchev–Trinajstić information content (AvgIpc) is 2.42. The molecule has 0 aliphatic rings. The lowest BCUT2D eigenvalue weighted by molar-refractivity contribution is -0.386. The van der Waals surface area contributed by atoms with E-state index in [9.17, 15) is 15.2 Å². The van der Waals surface area contributed by atoms with Crippen LogP contribution in [0, 0.1) is 10.1 Å². The highest BCUT2D eigenvalue weighted by Gasteiger charge is 2.23. The smallest absolute Gasteiger partial charge is 0.315 e. The maximum atomic E-state index is 11.1. The van der Waals surface area contributed by atoms with Gasteiger partial charge in [-0.05, 0) is 25.0 Å². The molecule has 0 aliphatic carbocycles. The molecular weight excluding hydrogens is 262 g/mol. The molecule has 20 heavy (non-hydrogen) atoms. The van der Waals surface area contributed by atoms with Crippen molar-refractivity contribution in [2.75, 3.05) is 13.7 Å². The van der Waals surface area contributed by atoms with Crippen LogP contribution < -0.4 is 9.47 Å². The van der Waals surface area contributed by atoms with Crippen molar-refractivity contribution in [2.45, 2.75) is 39.2 Å². The number of unbranched alkanes of at least 4 members (excludes halogenated alkanes) is 2. The van der Waals surface area contributed by atoms with Gasteiger partial charge in [-0.2, -0.15) is 0 Å². The number of benzene rings is 1. The van der Waals surface area contributed by atoms with Gasteiger partial charge in [0.15, 0.2) is 5.75 Å². The van der Waals surface area contributed by atoms with E-state index in [0.29, 0.717) is 12.2 Å². The minimum Gasteiger partial charge on any atom is -0.493 e. The van der Waals surface area contributed by atoms with E-state index in [1.54, 1.807) is 13.0 Å². The van der Waals surface area contributed by atoms with E-state index >= 15 is 0 Å². The third-order valence-corrected chi connectivity index (χ3v) is 2.95. The Morgan fingerprint density at radius 3 is 2.60 bits per heavy atom. The molecule has 0 aliphatic heterocycles. The zero-order valence-corrected chi connectivity index (χ0v) is 12.1. The molecule has 1 unspecified atom stereocenters. The molecule has 6 heteroatoms. The van der Waals surface area contributed by atoms with Crippen LogP contribution in [0.4, 0.5) is 5.69 Å². The Labute approximate surface area is 118 Å². The summed E-state index contributed by atoms with van der Waals surface area (Å²) >= 11 is 0. The third kappa shape index (κ3) is 4.09. The van der Waals surface area contributed by atoms with Gasteiger partial charge < -0.3 is 14.6 Å². The molecule has 0 amide bonds. The Kier molecular flexibility index (Phi) is 6.24. The number of nitro groups is 1. The topological polar surface area (TPSA) is 81.8 Å². The van der Waals surface area contributed by atoms with Crippen LogP contribution in [0.5, 0.6) is 11.5 Å². The molecule has 1 aromatic carbocycles. The molecule has 6 nitrogen and oxygen atoms in total. The summed E-state index contributed by atoms with van der Waals surface area (Å²) in [5, 5.41) is 20.7. The van der Waals surface area contributed by atoms with Gasteiger partial charge >= 0.3 is 5.69 Å². The molecule has 1 aromatic rings. The monoisotopic (exact) mass is 283 g/mol. The van der Waals surface area contributed by atoms with Gasteiger partial charge in [-0.3, -0.25) is 10.1 Å². The summed E-state index contributed by atoms with van der Waals surface area (Å²) in [6.45, 7) is 4.01. The molecule has 1 atom stereocenters. The molecule has 1 rings (SSSR count). The van der Waals surface area contributed by atoms with E-state index < -0.39 is 11.0 Å². The van der Waals surface area contributed by atoms with Gasteiger partial charge in [0.25, 0.3) is 0 Å². The highest BCUT2D eigenvalue weighted by molar-refractivity contribution is 5.58. The Balaban J connectivity index is 3.08. The van der Waals surface area contributed by atoms with Crippen molar-refractivity contribution in [3.63, 3.8) is 0 Å². The van der Waals surface area contributed by atoms with Crippen LogP contribution in [0.3, 0.4) is 0 Å². The number of aliphatic hydroxyl groups excluding tert-OH is 1. The molecule has 0 heterocycles. The van der Waals surface area contributed by atoms with Gasteiger partial charge in [0.05, 0.1) is 24.7 Å². The van der Waals surface area contributed by atoms with E-state index in [1.165, 1.54) is 13.2 Å². The van der Waals surface area contributed by atoms with E-state index in [1.807, 2.05) is 0 Å². The summed E-state index contributed by atoms with van der Waals surface area (Å²) in [6.07, 6.45) is 2.07. The Bertz CT molecular complexity index is 459. The second kappa shape index (κ2) is 7.69. The highest BCUT2D eigenvalue weighted by atomic mass is 16.6. The normalized spacial score (nSPS) is 12.0. The zero-order valence-electron chi connectivity index (χ0n) is 12.1. The van der Waals surface area contributed by atoms with Crippen LogP contribution in [-0.4, -0.2) is 23.7 Å². The predicted octanol–water partition coefficient (Wildman–Crippen LogP) is 3.23. The average molecular weight is 283 g/mol. The maximum absolute atomic E-state index is 11.1. The Morgan fingerprint density at radius 1 is 1.40 bits per heavy atom. The van der Waals surface area contributed by atoms with Gasteiger partial charge in [-0.25, -0.2) is 0 Å². The van der Waals surface area contributed by atoms with Crippen molar-refractivity contribution in [1.29, 1.82) is 0 Å². The van der Waals surface area contributed by atoms with Gasteiger partial charge in [0.1, 0.15) is 0 Å². The zero-order chi connectivity index (χ0) is 15.1. The minimum atomic E-state index is -0.809. The number of methoxy groups -OCH3 is 1. The largest absolute Gasteiger partial charge is 0.493 e. The fraction of sp³-hybridized carbons (Fsp3) is 0.571. The molecule has 0 spiro atoms. The molecule has 0 bridgehead atoms. The lowest BCUT2D eigenvalue weighted by atomic mass is 10.1. The summed E-state index contributed by atoms with van der Waals surface area (Å²) in [4.78, 5) is 10.6. The van der Waals surface area contributed by atoms with Gasteiger partial charge in [-0.15, -0.1) is 0 Å². The first-order valence-corrected chi connectivity index (χ1v) is 6.68. The number of nitrogens with zero attached hydrogens (tertiary/aromatic N) is 1. The molecule has 112 valence electrons. The summed E-state index contributed by atoms with van der Waals surface area (Å²) in [7, 11) is 1.42. The lowest BCUT2D eigenvalue weighted by Gasteiger charge is -2.13. The number of rotatable bonds is 8. The fourth-order valence-corrected chi connectivity index (χ4v) is 1.81. The second-order valence-electron chi connectivity index (χ2n) is 4.56. The standard InChI is InChI=1S/C14H21NO5/c1-4-5-6-7-20-14-12(15(17)18)8-11(10(2)16)9-13(14)19-3/h8-10,16H,4-7H2,1-3H3. The predicted molar refractivity (Wildman–Crippen MR) is 75.3 cm³/mol. The second-order valence-corrected chi connectivity index (χ2v) is 4.56. The summed E-state index contributed by atoms with van der Waals surface area (Å²) in [5.41, 5.74) is 0.242. The Hall–Kier alpha value is -1.82. The van der Waals surface area contributed by atoms with Crippen LogP contribution in [0.2, 0.25) is 0 Å². The van der Waals surface area contributed by atoms with Crippen molar-refractivity contribution in [3.05, 3.63) is 27.8 Å². The molecule has 0 aromatic heterocycles. The fourth-order valence-electron chi connectivity index (χ4n) is 1.81. The third-order valence-electron chi connectivity index (χ3n) is 2.95. The molecular formula is C14H21NO5. The SMILES string of the molecule is CCCCCOc1c(OC)cc(C(C)O)cc1[N+](=O)[O-]. The summed E-state index contributed by atoms with van der Waals surface area (Å²) in [6, 6.07) is 2.88. The minimum absolute atomic E-state index is 0.123. The van der Waals surface area contributed by atoms with Crippen molar-refractivity contribution in [2.24, 2.45) is 0 Å². The first-order valence-electron chi connectivity index (χ1n) is 6.68. The van der Waals surface area contributed by atoms with Crippen LogP contribution >= 0.6 is 0 Å². The van der Waals surface area contributed by atoms with Crippen molar-refractivity contribution >= 4 is 5.69 Å². The molecule has 0 fully saturated rings. The van der Waals surface area contributed by atoms with Crippen LogP contribution in [-0.2, 0) is 0 Å². The van der Waals surface area contributed by atoms with E-state index in [2.05, 4.69) is 6.92 Å². The number of aliphatic hydroxyl groups is 1. The number of hydrogen-bond acceptors (Lipinski definition) is 5. The van der Waals surface area contributed by atoms with E-state index in [0.717, 1.165) is 19.3 Å². The number of ether oxygens (including phenoxy) is 2. The molecule has 0 saturated carbocycles. The molecule has 0 radical (unpaired) electrons. The van der Waals surface area contributed by atoms with Crippen molar-refractivity contribution in [1.82, 2.24) is 0 Å². The van der Waals surface area contributed by atoms with Crippen molar-refractivity contribution in [3.8, 4) is 11.5 Å². The van der Waals surface area contributed by atoms with Crippen LogP contribution in [0.15, 0.2) is 12.1 Å². The van der Waals surface area contributed by atoms with Crippen LogP contribution in [0.1, 0.15) is 44.8 Å². The Morgan fingerprint density at radius 2 is 2.10 bits per heavy atom. The lowest BCUT2D eigenvalue weighted by Crippen LogP contribution is -2.04. The van der Waals surface area contributed by atoms with E-state index in [4.69, 9.17) is 9.47 Å². The quantitative estimate of drug-likeness (QED) is 0.450. The molecule has 1 N–H and O–H groups in total. The first-order chi connectivity index (χ1) is 9.51. The highest BCUT2D eigenvalue weighted by Crippen LogP contribution is 2.39. The van der Waals surface area contributed by atoms with Crippen molar-refractivity contribution < 1.29 is 19.5 Å². The summed E-state index contributed by atoms with van der Waals surface area (Å²) in [5.74, 6) is 0.393. The van der Waals surface area contributed by atoms with E-state index in [-0.39, 0.29) is 17.2 Å². The molecule has 0 saturated heterocycles. The van der Waals surface area contributed by atoms with Crippen LogP contribution in [0.25, 0.3) is 0 Å². The van der Waals surface area contributed by atoms with Gasteiger partial charge in [-0.1, -0.05) is 19.8 Å². The van der Waals surface area contributed by atoms with Gasteiger partial charge in [0.2, 0.25) is 5.75 Å². The van der Waals surface area contributed by atoms with Gasteiger partial charge in [0, 0.05) is 6.07 Å². The number of hydrogen-bond donors (Lipinski definition) is 1.